The number of hydrogen-bond acceptors (Lipinski definition) is 4. The largest absolute Gasteiger partial charge is 0.478 e. The van der Waals surface area contributed by atoms with E-state index in [2.05, 4.69) is 152 Å². The second kappa shape index (κ2) is 24.1. The molecule has 2 N–H and O–H groups in total. The van der Waals surface area contributed by atoms with Crippen LogP contribution >= 0.6 is 0 Å². The minimum atomic E-state index is -0.973. The van der Waals surface area contributed by atoms with Crippen molar-refractivity contribution in [2.75, 3.05) is 9.80 Å². The van der Waals surface area contributed by atoms with E-state index in [-0.39, 0.29) is 16.5 Å². The van der Waals surface area contributed by atoms with Crippen molar-refractivity contribution in [3.63, 3.8) is 0 Å². The quantitative estimate of drug-likeness (QED) is 0.0587. The highest BCUT2D eigenvalue weighted by Crippen LogP contribution is 2.55. The second-order valence-corrected chi connectivity index (χ2v) is 20.8. The summed E-state index contributed by atoms with van der Waals surface area (Å²) < 4.78 is 0. The van der Waals surface area contributed by atoms with E-state index in [1.54, 1.807) is 36.4 Å². The van der Waals surface area contributed by atoms with Crippen molar-refractivity contribution in [3.8, 4) is 33.4 Å². The lowest BCUT2D eigenvalue weighted by Crippen LogP contribution is -2.25. The first-order valence-electron chi connectivity index (χ1n) is 27.5. The van der Waals surface area contributed by atoms with Crippen molar-refractivity contribution in [3.05, 3.63) is 215 Å². The Labute approximate surface area is 445 Å². The highest BCUT2D eigenvalue weighted by molar-refractivity contribution is 5.92. The maximum absolute atomic E-state index is 12.3. The molecular formula is C69H72N2O4. The minimum absolute atomic E-state index is 0.0138. The summed E-state index contributed by atoms with van der Waals surface area (Å²) in [4.78, 5) is 28.5. The molecule has 0 aliphatic heterocycles. The van der Waals surface area contributed by atoms with Crippen molar-refractivity contribution in [2.45, 2.75) is 123 Å². The molecule has 0 saturated heterocycles. The lowest BCUT2D eigenvalue weighted by atomic mass is 9.70. The Hall–Kier alpha value is -7.70. The zero-order chi connectivity index (χ0) is 52.3. The predicted molar refractivity (Wildman–Crippen MR) is 312 cm³/mol. The van der Waals surface area contributed by atoms with E-state index < -0.39 is 11.9 Å². The molecule has 9 rings (SSSR count). The zero-order valence-electron chi connectivity index (χ0n) is 44.3. The normalized spacial score (nSPS) is 12.3. The summed E-state index contributed by atoms with van der Waals surface area (Å²) in [6.07, 6.45) is 17.8. The molecule has 0 fully saturated rings. The van der Waals surface area contributed by atoms with Crippen LogP contribution in [0.25, 0.3) is 33.4 Å². The Morgan fingerprint density at radius 3 is 1.17 bits per heavy atom. The molecule has 0 heterocycles. The first-order valence-corrected chi connectivity index (χ1v) is 27.5. The summed E-state index contributed by atoms with van der Waals surface area (Å²) in [5.74, 6) is -1.94. The SMILES string of the molecule is CCCCCCCCC1(CCCCCCCC)c2cc(C)ccc2-c2ccc(-c3ccc(N(c4ccc(-c5ccc(N(c6ccc(C)cc6)c6cccc(C(=O)O)c6)cc5)cc4)c4cccc(C(=O)O)c4)cc3)cc21. The van der Waals surface area contributed by atoms with Gasteiger partial charge in [-0.05, 0) is 162 Å². The summed E-state index contributed by atoms with van der Waals surface area (Å²) in [7, 11) is 0. The number of unbranched alkanes of at least 4 members (excludes halogenated alkanes) is 10. The maximum atomic E-state index is 12.3. The molecule has 6 heteroatoms. The minimum Gasteiger partial charge on any atom is -0.478 e. The molecular weight excluding hydrogens is 921 g/mol. The van der Waals surface area contributed by atoms with Gasteiger partial charge in [0.1, 0.15) is 0 Å². The Morgan fingerprint density at radius 1 is 0.373 bits per heavy atom. The van der Waals surface area contributed by atoms with Gasteiger partial charge >= 0.3 is 11.9 Å². The van der Waals surface area contributed by atoms with E-state index in [9.17, 15) is 19.8 Å². The second-order valence-electron chi connectivity index (χ2n) is 20.8. The summed E-state index contributed by atoms with van der Waals surface area (Å²) in [5.41, 5.74) is 18.3. The van der Waals surface area contributed by atoms with E-state index in [1.807, 2.05) is 31.2 Å². The molecule has 8 aromatic carbocycles. The van der Waals surface area contributed by atoms with Crippen LogP contribution in [0.3, 0.4) is 0 Å². The third-order valence-electron chi connectivity index (χ3n) is 15.5. The number of carboxylic acid groups (broad SMARTS) is 2. The Balaban J connectivity index is 1.02. The molecule has 0 unspecified atom stereocenters. The van der Waals surface area contributed by atoms with Crippen LogP contribution in [0.5, 0.6) is 0 Å². The van der Waals surface area contributed by atoms with Crippen molar-refractivity contribution in [2.24, 2.45) is 0 Å². The number of aromatic carboxylic acids is 2. The molecule has 6 nitrogen and oxygen atoms in total. The van der Waals surface area contributed by atoms with Gasteiger partial charge in [0.25, 0.3) is 0 Å². The number of hydrogen-bond donors (Lipinski definition) is 2. The van der Waals surface area contributed by atoms with Crippen LogP contribution in [0.1, 0.15) is 147 Å². The van der Waals surface area contributed by atoms with Crippen molar-refractivity contribution in [1.82, 2.24) is 0 Å². The van der Waals surface area contributed by atoms with Crippen molar-refractivity contribution >= 4 is 46.1 Å². The molecule has 0 saturated carbocycles. The molecule has 1 aliphatic rings. The average molecular weight is 993 g/mol. The Bertz CT molecular complexity index is 3200. The van der Waals surface area contributed by atoms with Gasteiger partial charge < -0.3 is 20.0 Å². The van der Waals surface area contributed by atoms with Gasteiger partial charge in [-0.25, -0.2) is 9.59 Å². The number of rotatable bonds is 24. The van der Waals surface area contributed by atoms with Gasteiger partial charge in [-0.3, -0.25) is 0 Å². The fraction of sp³-hybridized carbons (Fsp3) is 0.275. The van der Waals surface area contributed by atoms with Crippen LogP contribution in [-0.4, -0.2) is 22.2 Å². The molecule has 0 radical (unpaired) electrons. The Morgan fingerprint density at radius 2 is 0.733 bits per heavy atom. The van der Waals surface area contributed by atoms with E-state index in [4.69, 9.17) is 0 Å². The molecule has 8 aromatic rings. The van der Waals surface area contributed by atoms with Gasteiger partial charge in [-0.2, -0.15) is 0 Å². The summed E-state index contributed by atoms with van der Waals surface area (Å²) in [6.45, 7) is 8.89. The maximum Gasteiger partial charge on any atom is 0.335 e. The van der Waals surface area contributed by atoms with Crippen molar-refractivity contribution < 1.29 is 19.8 Å². The first kappa shape index (κ1) is 52.2. The highest BCUT2D eigenvalue weighted by Gasteiger charge is 2.42. The lowest BCUT2D eigenvalue weighted by molar-refractivity contribution is 0.0686. The van der Waals surface area contributed by atoms with Gasteiger partial charge in [0.2, 0.25) is 0 Å². The summed E-state index contributed by atoms with van der Waals surface area (Å²) in [5, 5.41) is 19.9. The van der Waals surface area contributed by atoms with Crippen LogP contribution in [-0.2, 0) is 5.41 Å². The molecule has 0 spiro atoms. The fourth-order valence-electron chi connectivity index (χ4n) is 11.4. The van der Waals surface area contributed by atoms with Crippen LogP contribution in [0.2, 0.25) is 0 Å². The number of carbonyl (C=O) groups is 2. The lowest BCUT2D eigenvalue weighted by Gasteiger charge is -2.33. The third-order valence-corrected chi connectivity index (χ3v) is 15.5. The van der Waals surface area contributed by atoms with Gasteiger partial charge in [-0.1, -0.05) is 193 Å². The van der Waals surface area contributed by atoms with Crippen LogP contribution < -0.4 is 9.80 Å². The van der Waals surface area contributed by atoms with Crippen LogP contribution in [0.15, 0.2) is 182 Å². The topological polar surface area (TPSA) is 81.1 Å². The molecule has 382 valence electrons. The van der Waals surface area contributed by atoms with Gasteiger partial charge in [0.05, 0.1) is 11.1 Å². The molecule has 0 amide bonds. The van der Waals surface area contributed by atoms with Gasteiger partial charge in [0.15, 0.2) is 0 Å². The highest BCUT2D eigenvalue weighted by atomic mass is 16.4. The van der Waals surface area contributed by atoms with Gasteiger partial charge in [0, 0.05) is 39.5 Å². The van der Waals surface area contributed by atoms with E-state index in [1.165, 1.54) is 123 Å². The fourth-order valence-corrected chi connectivity index (χ4v) is 11.4. The molecule has 1 aliphatic carbocycles. The molecule has 75 heavy (non-hydrogen) atoms. The summed E-state index contributed by atoms with van der Waals surface area (Å²) in [6, 6.07) is 62.2. The number of benzene rings is 8. The standard InChI is InChI=1S/C69H72N2O4/c1-5-7-9-11-13-15-43-69(44-16-14-12-10-8-6-2)65-45-50(4)25-41-63(65)64-42-32-54(48-66(64)69)53-30-39-60(40-31-53)71(62-22-18-20-56(47-62)68(74)75)59-37-28-52(29-38-59)51-26-35-58(36-27-51)70(57-33-23-49(3)24-34-57)61-21-17-19-55(46-61)67(72)73/h17-42,45-48H,5-16,43-44H2,1-4H3,(H,72,73)(H,74,75). The molecule has 0 aromatic heterocycles. The molecule has 0 atom stereocenters. The predicted octanol–water partition coefficient (Wildman–Crippen LogP) is 19.7. The average Bonchev–Trinajstić information content (AvgIpc) is 3.69. The zero-order valence-corrected chi connectivity index (χ0v) is 44.3. The number of anilines is 6. The number of carboxylic acids is 2. The third kappa shape index (κ3) is 11.8. The first-order chi connectivity index (χ1) is 36.6. The van der Waals surface area contributed by atoms with E-state index in [0.717, 1.165) is 56.4 Å². The van der Waals surface area contributed by atoms with Gasteiger partial charge in [-0.15, -0.1) is 0 Å². The van der Waals surface area contributed by atoms with Crippen LogP contribution in [0, 0.1) is 13.8 Å². The smallest absolute Gasteiger partial charge is 0.335 e. The van der Waals surface area contributed by atoms with Crippen LogP contribution in [0.4, 0.5) is 34.1 Å². The number of nitrogens with zero attached hydrogens (tertiary/aromatic N) is 2. The number of fused-ring (bicyclic) bond motifs is 3. The van der Waals surface area contributed by atoms with E-state index >= 15 is 0 Å². The van der Waals surface area contributed by atoms with Crippen molar-refractivity contribution in [1.29, 1.82) is 0 Å². The monoisotopic (exact) mass is 993 g/mol. The number of aryl methyl sites for hydroxylation is 2. The Kier molecular flexibility index (Phi) is 16.8. The van der Waals surface area contributed by atoms with E-state index in [0.29, 0.717) is 0 Å². The molecule has 0 bridgehead atoms. The summed E-state index contributed by atoms with van der Waals surface area (Å²) >= 11 is 0.